The summed E-state index contributed by atoms with van der Waals surface area (Å²) in [5, 5.41) is 0. The van der Waals surface area contributed by atoms with Crippen molar-refractivity contribution in [3.8, 4) is 0 Å². The molecule has 0 aliphatic carbocycles. The van der Waals surface area contributed by atoms with Crippen LogP contribution in [0.3, 0.4) is 0 Å². The lowest BCUT2D eigenvalue weighted by Gasteiger charge is -2.35. The minimum absolute atomic E-state index is 1.37. The highest BCUT2D eigenvalue weighted by Crippen LogP contribution is 2.20. The van der Waals surface area contributed by atoms with Gasteiger partial charge in [0.25, 0.3) is 0 Å². The molecule has 0 atom stereocenters. The maximum atomic E-state index is 2.64. The number of hydrogen-bond acceptors (Lipinski definition) is 0. The second-order valence-corrected chi connectivity index (χ2v) is 20.8. The van der Waals surface area contributed by atoms with Crippen LogP contribution in [0.1, 0.15) is 348 Å². The van der Waals surface area contributed by atoms with E-state index in [9.17, 15) is 0 Å². The Morgan fingerprint density at radius 2 is 0.254 bits per heavy atom. The number of nitrogens with zero attached hydrogens (tertiary/aromatic N) is 1. The number of unbranched alkanes of at least 4 members (excludes halogenated alkanes) is 48. The molecule has 0 heterocycles. The molecule has 1 nitrogen and oxygen atoms in total. The van der Waals surface area contributed by atoms with E-state index in [1.54, 1.807) is 0 Å². The number of hydrogen-bond donors (Lipinski definition) is 0. The van der Waals surface area contributed by atoms with Crippen LogP contribution in [0.4, 0.5) is 0 Å². The third kappa shape index (κ3) is 50.5. The standard InChI is InChI=1S/C58H120N/c1-5-8-11-14-17-20-23-26-29-32-35-38-41-44-47-50-53-56-59(4,57-54-51-48-45-42-39-36-33-30-27-24-21-18-15-12-9-6-2)58-55-52-49-46-43-40-37-34-31-28-25-22-19-16-13-10-7-3/h5-58H2,1-4H3/q+1. The van der Waals surface area contributed by atoms with Gasteiger partial charge in [-0.15, -0.1) is 0 Å². The Labute approximate surface area is 378 Å². The fourth-order valence-electron chi connectivity index (χ4n) is 9.99. The van der Waals surface area contributed by atoms with Crippen LogP contribution in [0.15, 0.2) is 0 Å². The second-order valence-electron chi connectivity index (χ2n) is 20.8. The Kier molecular flexibility index (Phi) is 52.3. The van der Waals surface area contributed by atoms with Crippen molar-refractivity contribution >= 4 is 0 Å². The zero-order valence-corrected chi connectivity index (χ0v) is 42.6. The minimum Gasteiger partial charge on any atom is -0.326 e. The summed E-state index contributed by atoms with van der Waals surface area (Å²) in [7, 11) is 2.64. The summed E-state index contributed by atoms with van der Waals surface area (Å²) in [6.07, 6.45) is 75.2. The van der Waals surface area contributed by atoms with Gasteiger partial charge in [-0.1, -0.05) is 310 Å². The minimum atomic E-state index is 1.37. The average molecular weight is 832 g/mol. The van der Waals surface area contributed by atoms with Crippen LogP contribution in [-0.2, 0) is 0 Å². The smallest absolute Gasteiger partial charge is 0.0784 e. The average Bonchev–Trinajstić information content (AvgIpc) is 3.24. The van der Waals surface area contributed by atoms with Gasteiger partial charge in [0.05, 0.1) is 26.7 Å². The van der Waals surface area contributed by atoms with E-state index >= 15 is 0 Å². The summed E-state index contributed by atoms with van der Waals surface area (Å²) in [6, 6.07) is 0. The molecule has 0 aliphatic heterocycles. The summed E-state index contributed by atoms with van der Waals surface area (Å²) in [6.45, 7) is 11.3. The predicted molar refractivity (Wildman–Crippen MR) is 273 cm³/mol. The molecule has 0 saturated carbocycles. The first-order chi connectivity index (χ1) is 29.2. The Bertz CT molecular complexity index is 621. The molecule has 0 N–H and O–H groups in total. The summed E-state index contributed by atoms with van der Waals surface area (Å²) >= 11 is 0. The van der Waals surface area contributed by atoms with Gasteiger partial charge in [-0.2, -0.15) is 0 Å². The summed E-state index contributed by atoms with van der Waals surface area (Å²) in [5.41, 5.74) is 0. The fraction of sp³-hybridized carbons (Fsp3) is 1.00. The van der Waals surface area contributed by atoms with Crippen molar-refractivity contribution in [3.05, 3.63) is 0 Å². The molecule has 0 radical (unpaired) electrons. The van der Waals surface area contributed by atoms with Crippen molar-refractivity contribution in [3.63, 3.8) is 0 Å². The first-order valence-electron chi connectivity index (χ1n) is 29.0. The highest BCUT2D eigenvalue weighted by atomic mass is 15.3. The highest BCUT2D eigenvalue weighted by Gasteiger charge is 2.20. The monoisotopic (exact) mass is 831 g/mol. The second kappa shape index (κ2) is 52.3. The summed E-state index contributed by atoms with van der Waals surface area (Å²) < 4.78 is 1.37. The van der Waals surface area contributed by atoms with Crippen molar-refractivity contribution < 1.29 is 4.48 Å². The van der Waals surface area contributed by atoms with E-state index in [0.29, 0.717) is 0 Å². The van der Waals surface area contributed by atoms with Gasteiger partial charge in [0, 0.05) is 0 Å². The molecule has 0 aliphatic rings. The zero-order valence-electron chi connectivity index (χ0n) is 42.6. The Hall–Kier alpha value is -0.0400. The van der Waals surface area contributed by atoms with Gasteiger partial charge >= 0.3 is 0 Å². The molecule has 0 aromatic heterocycles. The van der Waals surface area contributed by atoms with Gasteiger partial charge < -0.3 is 4.48 Å². The molecule has 0 amide bonds. The van der Waals surface area contributed by atoms with Gasteiger partial charge in [-0.05, 0) is 38.5 Å². The van der Waals surface area contributed by atoms with Crippen LogP contribution in [0.2, 0.25) is 0 Å². The van der Waals surface area contributed by atoms with Crippen LogP contribution >= 0.6 is 0 Å². The summed E-state index contributed by atoms with van der Waals surface area (Å²) in [5.74, 6) is 0. The van der Waals surface area contributed by atoms with Crippen molar-refractivity contribution in [2.75, 3.05) is 26.7 Å². The lowest BCUT2D eigenvalue weighted by atomic mass is 10.0. The van der Waals surface area contributed by atoms with E-state index in [4.69, 9.17) is 0 Å². The third-order valence-electron chi connectivity index (χ3n) is 14.4. The molecule has 0 spiro atoms. The van der Waals surface area contributed by atoms with Gasteiger partial charge in [-0.3, -0.25) is 0 Å². The van der Waals surface area contributed by atoms with Crippen LogP contribution in [0, 0.1) is 0 Å². The molecule has 0 bridgehead atoms. The van der Waals surface area contributed by atoms with E-state index in [1.807, 2.05) is 0 Å². The molecule has 1 heteroatoms. The molecule has 0 fully saturated rings. The molecule has 0 rings (SSSR count). The van der Waals surface area contributed by atoms with Crippen LogP contribution in [0.25, 0.3) is 0 Å². The number of quaternary nitrogens is 1. The fourth-order valence-corrected chi connectivity index (χ4v) is 9.99. The largest absolute Gasteiger partial charge is 0.326 e. The zero-order chi connectivity index (χ0) is 42.7. The topological polar surface area (TPSA) is 0 Å². The lowest BCUT2D eigenvalue weighted by molar-refractivity contribution is -0.910. The molecule has 0 saturated heterocycles. The SMILES string of the molecule is CCCCCCCCCCCCCCCCCCC[N+](C)(CCCCCCCCCCCCCCCCCCC)CCCCCCCCCCCCCCCCCCC. The van der Waals surface area contributed by atoms with E-state index in [-0.39, 0.29) is 0 Å². The van der Waals surface area contributed by atoms with Gasteiger partial charge in [0.15, 0.2) is 0 Å². The Morgan fingerprint density at radius 3 is 0.373 bits per heavy atom. The number of rotatable bonds is 54. The summed E-state index contributed by atoms with van der Waals surface area (Å²) in [4.78, 5) is 0. The first kappa shape index (κ1) is 59.0. The van der Waals surface area contributed by atoms with Crippen molar-refractivity contribution in [1.29, 1.82) is 0 Å². The van der Waals surface area contributed by atoms with E-state index in [0.717, 1.165) is 0 Å². The molecular weight excluding hydrogens is 711 g/mol. The van der Waals surface area contributed by atoms with Gasteiger partial charge in [-0.25, -0.2) is 0 Å². The lowest BCUT2D eigenvalue weighted by Crippen LogP contribution is -2.46. The predicted octanol–water partition coefficient (Wildman–Crippen LogP) is 21.4. The van der Waals surface area contributed by atoms with Gasteiger partial charge in [0.2, 0.25) is 0 Å². The maximum Gasteiger partial charge on any atom is 0.0784 e. The van der Waals surface area contributed by atoms with E-state index in [1.165, 1.54) is 352 Å². The molecule has 0 aromatic carbocycles. The third-order valence-corrected chi connectivity index (χ3v) is 14.4. The van der Waals surface area contributed by atoms with Crippen LogP contribution in [-0.4, -0.2) is 31.2 Å². The molecular formula is C58H120N+. The molecule has 0 aromatic rings. The van der Waals surface area contributed by atoms with Crippen molar-refractivity contribution in [2.24, 2.45) is 0 Å². The quantitative estimate of drug-likeness (QED) is 0.0423. The normalized spacial score (nSPS) is 12.0. The Morgan fingerprint density at radius 1 is 0.153 bits per heavy atom. The van der Waals surface area contributed by atoms with Gasteiger partial charge in [0.1, 0.15) is 0 Å². The van der Waals surface area contributed by atoms with E-state index in [2.05, 4.69) is 27.8 Å². The Balaban J connectivity index is 4.08. The van der Waals surface area contributed by atoms with Crippen molar-refractivity contribution in [2.45, 2.75) is 348 Å². The van der Waals surface area contributed by atoms with Crippen LogP contribution in [0.5, 0.6) is 0 Å². The molecule has 0 unspecified atom stereocenters. The highest BCUT2D eigenvalue weighted by molar-refractivity contribution is 4.55. The maximum absolute atomic E-state index is 2.64. The molecule has 356 valence electrons. The van der Waals surface area contributed by atoms with Crippen molar-refractivity contribution in [1.82, 2.24) is 0 Å². The van der Waals surface area contributed by atoms with E-state index < -0.39 is 0 Å². The van der Waals surface area contributed by atoms with Crippen LogP contribution < -0.4 is 0 Å². The molecule has 59 heavy (non-hydrogen) atoms. The first-order valence-corrected chi connectivity index (χ1v) is 29.0.